The third-order valence-electron chi connectivity index (χ3n) is 3.31. The minimum Gasteiger partial charge on any atom is -0.237 e. The van der Waals surface area contributed by atoms with Crippen molar-refractivity contribution in [2.24, 2.45) is 0 Å². The molecule has 0 radical (unpaired) electrons. The molecule has 0 saturated heterocycles. The van der Waals surface area contributed by atoms with Crippen LogP contribution in [0.3, 0.4) is 0 Å². The molecule has 0 amide bonds. The number of nitriles is 1. The summed E-state index contributed by atoms with van der Waals surface area (Å²) in [5.74, 6) is 0.652. The predicted molar refractivity (Wildman–Crippen MR) is 86.5 cm³/mol. The number of hydrogen-bond donors (Lipinski definition) is 1. The molecule has 2 aromatic heterocycles. The molecule has 8 heteroatoms. The molecule has 0 unspecified atom stereocenters. The summed E-state index contributed by atoms with van der Waals surface area (Å²) in [5, 5.41) is 12.8. The minimum atomic E-state index is -3.64. The first kappa shape index (κ1) is 15.9. The fraction of sp³-hybridized carbons (Fsp3) is 0.0625. The highest BCUT2D eigenvalue weighted by Crippen LogP contribution is 2.11. The lowest BCUT2D eigenvalue weighted by atomic mass is 10.2. The van der Waals surface area contributed by atoms with Crippen LogP contribution in [-0.4, -0.2) is 23.2 Å². The van der Waals surface area contributed by atoms with E-state index in [9.17, 15) is 8.42 Å². The number of nitrogens with one attached hydrogen (secondary N) is 1. The fourth-order valence-corrected chi connectivity index (χ4v) is 3.05. The number of aromatic nitrogens is 3. The average Bonchev–Trinajstić information content (AvgIpc) is 3.15. The largest absolute Gasteiger partial charge is 0.240 e. The van der Waals surface area contributed by atoms with Gasteiger partial charge in [-0.3, -0.25) is 0 Å². The molecule has 1 aromatic carbocycles. The summed E-state index contributed by atoms with van der Waals surface area (Å²) in [4.78, 5) is 4.36. The van der Waals surface area contributed by atoms with Gasteiger partial charge < -0.3 is 0 Å². The van der Waals surface area contributed by atoms with Gasteiger partial charge in [-0.2, -0.15) is 10.4 Å². The standard InChI is InChI=1S/C16H13N5O2S/c17-10-13-2-5-15(6-3-13)24(22,23)20-12-14-4-7-16(18-11-14)21-9-1-8-19-21/h1-9,11,20H,12H2. The Hall–Kier alpha value is -3.02. The van der Waals surface area contributed by atoms with Crippen molar-refractivity contribution in [2.75, 3.05) is 0 Å². The van der Waals surface area contributed by atoms with Gasteiger partial charge in [0.2, 0.25) is 10.0 Å². The van der Waals surface area contributed by atoms with Gasteiger partial charge in [0, 0.05) is 25.1 Å². The second-order valence-corrected chi connectivity index (χ2v) is 6.70. The van der Waals surface area contributed by atoms with E-state index >= 15 is 0 Å². The van der Waals surface area contributed by atoms with Gasteiger partial charge in [0.15, 0.2) is 5.82 Å². The van der Waals surface area contributed by atoms with Crippen LogP contribution in [0, 0.1) is 11.3 Å². The summed E-state index contributed by atoms with van der Waals surface area (Å²) in [5.41, 5.74) is 1.13. The molecule has 3 aromatic rings. The number of rotatable bonds is 5. The lowest BCUT2D eigenvalue weighted by molar-refractivity contribution is 0.581. The molecular formula is C16H13N5O2S. The van der Waals surface area contributed by atoms with Crippen molar-refractivity contribution in [3.8, 4) is 11.9 Å². The Morgan fingerprint density at radius 3 is 2.54 bits per heavy atom. The highest BCUT2D eigenvalue weighted by molar-refractivity contribution is 7.89. The van der Waals surface area contributed by atoms with Crippen molar-refractivity contribution >= 4 is 10.0 Å². The van der Waals surface area contributed by atoms with E-state index in [2.05, 4.69) is 14.8 Å². The minimum absolute atomic E-state index is 0.114. The molecule has 0 aliphatic rings. The highest BCUT2D eigenvalue weighted by atomic mass is 32.2. The smallest absolute Gasteiger partial charge is 0.237 e. The Morgan fingerprint density at radius 1 is 1.17 bits per heavy atom. The first-order valence-electron chi connectivity index (χ1n) is 7.03. The Labute approximate surface area is 139 Å². The Kier molecular flexibility index (Phi) is 4.37. The van der Waals surface area contributed by atoms with Crippen LogP contribution >= 0.6 is 0 Å². The van der Waals surface area contributed by atoms with Crippen LogP contribution in [0.5, 0.6) is 0 Å². The van der Waals surface area contributed by atoms with E-state index in [1.165, 1.54) is 24.3 Å². The third kappa shape index (κ3) is 3.48. The molecular weight excluding hydrogens is 326 g/mol. The Bertz CT molecular complexity index is 957. The van der Waals surface area contributed by atoms with Crippen LogP contribution in [-0.2, 0) is 16.6 Å². The Morgan fingerprint density at radius 2 is 1.96 bits per heavy atom. The normalized spacial score (nSPS) is 11.1. The SMILES string of the molecule is N#Cc1ccc(S(=O)(=O)NCc2ccc(-n3cccn3)nc2)cc1. The van der Waals surface area contributed by atoms with E-state index in [4.69, 9.17) is 5.26 Å². The topological polar surface area (TPSA) is 101 Å². The second-order valence-electron chi connectivity index (χ2n) is 4.94. The molecule has 0 fully saturated rings. The lowest BCUT2D eigenvalue weighted by Gasteiger charge is -2.07. The van der Waals surface area contributed by atoms with E-state index in [1.807, 2.05) is 6.07 Å². The monoisotopic (exact) mass is 339 g/mol. The number of hydrogen-bond acceptors (Lipinski definition) is 5. The van der Waals surface area contributed by atoms with Gasteiger partial charge in [-0.1, -0.05) is 6.07 Å². The van der Waals surface area contributed by atoms with Crippen molar-refractivity contribution in [2.45, 2.75) is 11.4 Å². The average molecular weight is 339 g/mol. The number of nitrogens with zero attached hydrogens (tertiary/aromatic N) is 4. The number of pyridine rings is 1. The molecule has 3 rings (SSSR count). The highest BCUT2D eigenvalue weighted by Gasteiger charge is 2.13. The van der Waals surface area contributed by atoms with Crippen molar-refractivity contribution in [1.29, 1.82) is 5.26 Å². The molecule has 120 valence electrons. The fourth-order valence-electron chi connectivity index (χ4n) is 2.03. The molecule has 0 bridgehead atoms. The van der Waals surface area contributed by atoms with Crippen LogP contribution in [0.2, 0.25) is 0 Å². The quantitative estimate of drug-likeness (QED) is 0.761. The molecule has 24 heavy (non-hydrogen) atoms. The molecule has 7 nitrogen and oxygen atoms in total. The van der Waals surface area contributed by atoms with Crippen LogP contribution < -0.4 is 4.72 Å². The van der Waals surface area contributed by atoms with Crippen molar-refractivity contribution in [3.63, 3.8) is 0 Å². The third-order valence-corrected chi connectivity index (χ3v) is 4.73. The molecule has 0 aliphatic carbocycles. The van der Waals surface area contributed by atoms with Crippen LogP contribution in [0.15, 0.2) is 66.0 Å². The van der Waals surface area contributed by atoms with Crippen LogP contribution in [0.4, 0.5) is 0 Å². The second kappa shape index (κ2) is 6.62. The van der Waals surface area contributed by atoms with Crippen LogP contribution in [0.25, 0.3) is 5.82 Å². The van der Waals surface area contributed by atoms with Gasteiger partial charge >= 0.3 is 0 Å². The van der Waals surface area contributed by atoms with Gasteiger partial charge in [0.25, 0.3) is 0 Å². The van der Waals surface area contributed by atoms with E-state index in [1.54, 1.807) is 41.5 Å². The summed E-state index contributed by atoms with van der Waals surface area (Å²) < 4.78 is 28.6. The maximum atomic E-state index is 12.2. The summed E-state index contributed by atoms with van der Waals surface area (Å²) in [6.07, 6.45) is 5.02. The van der Waals surface area contributed by atoms with Crippen molar-refractivity contribution in [1.82, 2.24) is 19.5 Å². The van der Waals surface area contributed by atoms with Crippen molar-refractivity contribution < 1.29 is 8.42 Å². The van der Waals surface area contributed by atoms with Crippen LogP contribution in [0.1, 0.15) is 11.1 Å². The molecule has 0 atom stereocenters. The predicted octanol–water partition coefficient (Wildman–Crippen LogP) is 1.62. The van der Waals surface area contributed by atoms with Gasteiger partial charge in [0.1, 0.15) is 0 Å². The molecule has 0 aliphatic heterocycles. The Balaban J connectivity index is 1.69. The summed E-state index contributed by atoms with van der Waals surface area (Å²) in [6, 6.07) is 13.0. The van der Waals surface area contributed by atoms with E-state index in [-0.39, 0.29) is 11.4 Å². The summed E-state index contributed by atoms with van der Waals surface area (Å²) in [6.45, 7) is 0.120. The first-order valence-corrected chi connectivity index (χ1v) is 8.51. The van der Waals surface area contributed by atoms with E-state index in [0.717, 1.165) is 5.56 Å². The van der Waals surface area contributed by atoms with Gasteiger partial charge in [-0.05, 0) is 42.0 Å². The number of benzene rings is 1. The number of sulfonamides is 1. The molecule has 2 heterocycles. The molecule has 0 spiro atoms. The zero-order valence-electron chi connectivity index (χ0n) is 12.5. The van der Waals surface area contributed by atoms with E-state index < -0.39 is 10.0 Å². The van der Waals surface area contributed by atoms with Gasteiger partial charge in [-0.15, -0.1) is 0 Å². The van der Waals surface area contributed by atoms with E-state index in [0.29, 0.717) is 11.4 Å². The maximum Gasteiger partial charge on any atom is 0.240 e. The van der Waals surface area contributed by atoms with Gasteiger partial charge in [0.05, 0.1) is 16.5 Å². The van der Waals surface area contributed by atoms with Crippen molar-refractivity contribution in [3.05, 3.63) is 72.2 Å². The zero-order chi connectivity index (χ0) is 17.0. The van der Waals surface area contributed by atoms with Gasteiger partial charge in [-0.25, -0.2) is 22.8 Å². The first-order chi connectivity index (χ1) is 11.6. The summed E-state index contributed by atoms with van der Waals surface area (Å²) in [7, 11) is -3.64. The molecule has 0 saturated carbocycles. The maximum absolute atomic E-state index is 12.2. The zero-order valence-corrected chi connectivity index (χ0v) is 13.3. The molecule has 1 N–H and O–H groups in total. The lowest BCUT2D eigenvalue weighted by Crippen LogP contribution is -2.23. The summed E-state index contributed by atoms with van der Waals surface area (Å²) >= 11 is 0.